The zero-order valence-corrected chi connectivity index (χ0v) is 11.8. The fraction of sp³-hybridized carbons (Fsp3) is 0.562. The minimum absolute atomic E-state index is 0.198. The molecule has 1 aromatic carbocycles. The van der Waals surface area contributed by atoms with Crippen LogP contribution in [0.25, 0.3) is 0 Å². The van der Waals surface area contributed by atoms with Gasteiger partial charge in [0.1, 0.15) is 0 Å². The molecule has 1 aromatic rings. The number of anilines is 1. The van der Waals surface area contributed by atoms with Gasteiger partial charge in [0.2, 0.25) is 0 Å². The highest BCUT2D eigenvalue weighted by Crippen LogP contribution is 2.15. The van der Waals surface area contributed by atoms with Crippen molar-refractivity contribution in [2.45, 2.75) is 45.4 Å². The first-order valence-corrected chi connectivity index (χ1v) is 7.26. The van der Waals surface area contributed by atoms with E-state index in [1.54, 1.807) is 0 Å². The van der Waals surface area contributed by atoms with Crippen LogP contribution >= 0.6 is 0 Å². The summed E-state index contributed by atoms with van der Waals surface area (Å²) < 4.78 is 0. The van der Waals surface area contributed by atoms with Gasteiger partial charge in [0.25, 0.3) is 0 Å². The number of rotatable bonds is 10. The molecule has 0 fully saturated rings. The van der Waals surface area contributed by atoms with Crippen molar-refractivity contribution in [3.63, 3.8) is 0 Å². The predicted molar refractivity (Wildman–Crippen MR) is 79.7 cm³/mol. The Labute approximate surface area is 116 Å². The molecule has 0 unspecified atom stereocenters. The second-order valence-electron chi connectivity index (χ2n) is 4.88. The van der Waals surface area contributed by atoms with Crippen LogP contribution in [0.1, 0.15) is 45.4 Å². The zero-order chi connectivity index (χ0) is 13.9. The minimum atomic E-state index is -0.730. The van der Waals surface area contributed by atoms with Gasteiger partial charge in [0.05, 0.1) is 6.42 Å². The molecule has 0 saturated carbocycles. The summed E-state index contributed by atoms with van der Waals surface area (Å²) in [6.07, 6.45) is 6.38. The van der Waals surface area contributed by atoms with Crippen molar-refractivity contribution in [1.29, 1.82) is 0 Å². The third kappa shape index (κ3) is 6.85. The maximum atomic E-state index is 10.7. The normalized spacial score (nSPS) is 10.4. The van der Waals surface area contributed by atoms with Crippen LogP contribution in [0.5, 0.6) is 0 Å². The molecule has 1 rings (SSSR count). The van der Waals surface area contributed by atoms with Gasteiger partial charge < -0.3 is 10.0 Å². The van der Waals surface area contributed by atoms with Gasteiger partial charge in [0.15, 0.2) is 0 Å². The SMILES string of the molecule is CCCCCCCN(CCC(=O)O)c1ccccc1. The summed E-state index contributed by atoms with van der Waals surface area (Å²) in [6.45, 7) is 3.75. The van der Waals surface area contributed by atoms with E-state index in [-0.39, 0.29) is 6.42 Å². The number of aliphatic carboxylic acids is 1. The Morgan fingerprint density at radius 2 is 1.74 bits per heavy atom. The fourth-order valence-corrected chi connectivity index (χ4v) is 2.15. The predicted octanol–water partition coefficient (Wildman–Crippen LogP) is 3.94. The van der Waals surface area contributed by atoms with E-state index in [1.807, 2.05) is 30.3 Å². The van der Waals surface area contributed by atoms with Crippen molar-refractivity contribution in [3.8, 4) is 0 Å². The van der Waals surface area contributed by atoms with Crippen LogP contribution in [0.2, 0.25) is 0 Å². The van der Waals surface area contributed by atoms with Crippen LogP contribution < -0.4 is 4.90 Å². The summed E-state index contributed by atoms with van der Waals surface area (Å²) in [7, 11) is 0. The van der Waals surface area contributed by atoms with Gasteiger partial charge in [-0.15, -0.1) is 0 Å². The first kappa shape index (κ1) is 15.5. The van der Waals surface area contributed by atoms with Crippen molar-refractivity contribution in [2.75, 3.05) is 18.0 Å². The highest BCUT2D eigenvalue weighted by atomic mass is 16.4. The van der Waals surface area contributed by atoms with E-state index in [0.717, 1.165) is 18.7 Å². The molecule has 0 bridgehead atoms. The van der Waals surface area contributed by atoms with Crippen molar-refractivity contribution in [1.82, 2.24) is 0 Å². The Morgan fingerprint density at radius 1 is 1.05 bits per heavy atom. The molecule has 0 heterocycles. The average Bonchev–Trinajstić information content (AvgIpc) is 2.42. The number of para-hydroxylation sites is 1. The number of carbonyl (C=O) groups is 1. The maximum Gasteiger partial charge on any atom is 0.305 e. The number of unbranched alkanes of at least 4 members (excludes halogenated alkanes) is 4. The van der Waals surface area contributed by atoms with E-state index in [1.165, 1.54) is 25.7 Å². The topological polar surface area (TPSA) is 40.5 Å². The Balaban J connectivity index is 2.43. The van der Waals surface area contributed by atoms with Crippen molar-refractivity contribution in [3.05, 3.63) is 30.3 Å². The molecular formula is C16H25NO2. The Morgan fingerprint density at radius 3 is 2.37 bits per heavy atom. The molecule has 3 heteroatoms. The van der Waals surface area contributed by atoms with Gasteiger partial charge in [-0.1, -0.05) is 50.8 Å². The summed E-state index contributed by atoms with van der Waals surface area (Å²) in [5, 5.41) is 8.82. The molecule has 0 atom stereocenters. The molecule has 19 heavy (non-hydrogen) atoms. The van der Waals surface area contributed by atoms with Gasteiger partial charge in [-0.2, -0.15) is 0 Å². The van der Waals surface area contributed by atoms with Gasteiger partial charge >= 0.3 is 5.97 Å². The lowest BCUT2D eigenvalue weighted by atomic mass is 10.1. The lowest BCUT2D eigenvalue weighted by Gasteiger charge is -2.24. The quantitative estimate of drug-likeness (QED) is 0.650. The molecule has 106 valence electrons. The van der Waals surface area contributed by atoms with E-state index in [2.05, 4.69) is 11.8 Å². The molecule has 0 saturated heterocycles. The first-order valence-electron chi connectivity index (χ1n) is 7.26. The summed E-state index contributed by atoms with van der Waals surface area (Å²) in [4.78, 5) is 12.9. The van der Waals surface area contributed by atoms with Gasteiger partial charge in [-0.3, -0.25) is 4.79 Å². The molecule has 0 radical (unpaired) electrons. The largest absolute Gasteiger partial charge is 0.481 e. The third-order valence-corrected chi connectivity index (χ3v) is 3.25. The molecule has 3 nitrogen and oxygen atoms in total. The standard InChI is InChI=1S/C16H25NO2/c1-2-3-4-5-9-13-17(14-12-16(18)19)15-10-7-6-8-11-15/h6-8,10-11H,2-5,9,12-14H2,1H3,(H,18,19). The highest BCUT2D eigenvalue weighted by molar-refractivity contribution is 5.67. The van der Waals surface area contributed by atoms with Crippen LogP contribution in [-0.4, -0.2) is 24.2 Å². The van der Waals surface area contributed by atoms with E-state index in [0.29, 0.717) is 6.54 Å². The number of benzene rings is 1. The van der Waals surface area contributed by atoms with E-state index in [4.69, 9.17) is 5.11 Å². The van der Waals surface area contributed by atoms with Crippen molar-refractivity contribution < 1.29 is 9.90 Å². The van der Waals surface area contributed by atoms with Crippen LogP contribution in [0.4, 0.5) is 5.69 Å². The number of hydrogen-bond acceptors (Lipinski definition) is 2. The van der Waals surface area contributed by atoms with E-state index >= 15 is 0 Å². The van der Waals surface area contributed by atoms with Crippen LogP contribution in [-0.2, 0) is 4.79 Å². The van der Waals surface area contributed by atoms with E-state index < -0.39 is 5.97 Å². The monoisotopic (exact) mass is 263 g/mol. The van der Waals surface area contributed by atoms with Crippen LogP contribution in [0.3, 0.4) is 0 Å². The summed E-state index contributed by atoms with van der Waals surface area (Å²) in [5.74, 6) is -0.730. The molecule has 1 N–H and O–H groups in total. The molecule has 0 spiro atoms. The number of carboxylic acids is 1. The molecule has 0 amide bonds. The van der Waals surface area contributed by atoms with Gasteiger partial charge in [-0.25, -0.2) is 0 Å². The van der Waals surface area contributed by atoms with Crippen LogP contribution in [0, 0.1) is 0 Å². The summed E-state index contributed by atoms with van der Waals surface area (Å²) >= 11 is 0. The van der Waals surface area contributed by atoms with Crippen molar-refractivity contribution in [2.24, 2.45) is 0 Å². The molecular weight excluding hydrogens is 238 g/mol. The number of hydrogen-bond donors (Lipinski definition) is 1. The Kier molecular flexibility index (Phi) is 7.71. The third-order valence-electron chi connectivity index (χ3n) is 3.25. The summed E-state index contributed by atoms with van der Waals surface area (Å²) in [6, 6.07) is 10.1. The molecule has 0 aliphatic carbocycles. The van der Waals surface area contributed by atoms with Crippen LogP contribution in [0.15, 0.2) is 30.3 Å². The van der Waals surface area contributed by atoms with Gasteiger partial charge in [0, 0.05) is 18.8 Å². The second-order valence-corrected chi connectivity index (χ2v) is 4.88. The molecule has 0 aliphatic heterocycles. The highest BCUT2D eigenvalue weighted by Gasteiger charge is 2.07. The molecule has 0 aromatic heterocycles. The minimum Gasteiger partial charge on any atom is -0.481 e. The summed E-state index contributed by atoms with van der Waals surface area (Å²) in [5.41, 5.74) is 1.12. The molecule has 0 aliphatic rings. The van der Waals surface area contributed by atoms with Crippen molar-refractivity contribution >= 4 is 11.7 Å². The van der Waals surface area contributed by atoms with Gasteiger partial charge in [-0.05, 0) is 18.6 Å². The average molecular weight is 263 g/mol. The first-order chi connectivity index (χ1) is 9.24. The smallest absolute Gasteiger partial charge is 0.305 e. The lowest BCUT2D eigenvalue weighted by molar-refractivity contribution is -0.136. The number of nitrogens with zero attached hydrogens (tertiary/aromatic N) is 1. The Hall–Kier alpha value is -1.51. The second kappa shape index (κ2) is 9.42. The lowest BCUT2D eigenvalue weighted by Crippen LogP contribution is -2.27. The Bertz CT molecular complexity index is 351. The number of carboxylic acid groups (broad SMARTS) is 1. The van der Waals surface area contributed by atoms with E-state index in [9.17, 15) is 4.79 Å². The maximum absolute atomic E-state index is 10.7. The fourth-order valence-electron chi connectivity index (χ4n) is 2.15. The zero-order valence-electron chi connectivity index (χ0n) is 11.8.